The summed E-state index contributed by atoms with van der Waals surface area (Å²) >= 11 is 0. The topological polar surface area (TPSA) is 54.1 Å². The molecular formula is C55H32F2N4. The number of benzene rings is 9. The summed E-state index contributed by atoms with van der Waals surface area (Å²) < 4.78 is 29.1. The number of hydrogen-bond acceptors (Lipinski definition) is 4. The summed E-state index contributed by atoms with van der Waals surface area (Å²) in [6.45, 7) is 0. The van der Waals surface area contributed by atoms with E-state index in [0.717, 1.165) is 89.4 Å². The van der Waals surface area contributed by atoms with Gasteiger partial charge in [-0.3, -0.25) is 0 Å². The van der Waals surface area contributed by atoms with Crippen molar-refractivity contribution in [2.24, 2.45) is 0 Å². The van der Waals surface area contributed by atoms with Gasteiger partial charge in [0.25, 0.3) is 0 Å². The molecule has 0 saturated heterocycles. The second-order valence-corrected chi connectivity index (χ2v) is 15.4. The van der Waals surface area contributed by atoms with Crippen LogP contribution in [0.4, 0.5) is 42.9 Å². The molecule has 6 heteroatoms. The number of fused-ring (bicyclic) bond motifs is 12. The van der Waals surface area contributed by atoms with Crippen LogP contribution in [0.1, 0.15) is 33.4 Å². The van der Waals surface area contributed by atoms with E-state index in [4.69, 9.17) is 0 Å². The summed E-state index contributed by atoms with van der Waals surface area (Å²) in [5.74, 6) is -0.660. The lowest BCUT2D eigenvalue weighted by atomic mass is 9.70. The van der Waals surface area contributed by atoms with E-state index in [-0.39, 0.29) is 11.6 Å². The lowest BCUT2D eigenvalue weighted by Gasteiger charge is -2.34. The first-order valence-electron chi connectivity index (χ1n) is 20.0. The van der Waals surface area contributed by atoms with E-state index < -0.39 is 5.41 Å². The Hall–Kier alpha value is -8.32. The van der Waals surface area contributed by atoms with Gasteiger partial charge in [0, 0.05) is 33.8 Å². The molecule has 2 aliphatic rings. The molecule has 11 rings (SSSR count). The minimum absolute atomic E-state index is 0.329. The van der Waals surface area contributed by atoms with Gasteiger partial charge in [-0.2, -0.15) is 10.5 Å². The predicted octanol–water partition coefficient (Wildman–Crippen LogP) is 14.1. The van der Waals surface area contributed by atoms with Gasteiger partial charge in [0.15, 0.2) is 0 Å². The first-order valence-corrected chi connectivity index (χ1v) is 20.0. The van der Waals surface area contributed by atoms with Crippen LogP contribution in [0.3, 0.4) is 0 Å². The van der Waals surface area contributed by atoms with Crippen molar-refractivity contribution in [3.8, 4) is 34.4 Å². The Morgan fingerprint density at radius 2 is 0.820 bits per heavy atom. The minimum Gasteiger partial charge on any atom is -0.310 e. The quantitative estimate of drug-likeness (QED) is 0.168. The van der Waals surface area contributed by atoms with Crippen LogP contribution in [0.2, 0.25) is 0 Å². The molecule has 9 aromatic rings. The fourth-order valence-electron chi connectivity index (χ4n) is 9.71. The number of rotatable bonds is 6. The van der Waals surface area contributed by atoms with Gasteiger partial charge in [0.1, 0.15) is 11.6 Å². The van der Waals surface area contributed by atoms with Crippen LogP contribution >= 0.6 is 0 Å². The summed E-state index contributed by atoms with van der Waals surface area (Å²) in [4.78, 5) is 4.26. The highest BCUT2D eigenvalue weighted by molar-refractivity contribution is 6.12. The Kier molecular flexibility index (Phi) is 8.17. The zero-order valence-corrected chi connectivity index (χ0v) is 32.5. The maximum atomic E-state index is 14.6. The average molecular weight is 787 g/mol. The Morgan fingerprint density at radius 3 is 1.34 bits per heavy atom. The Balaban J connectivity index is 1.24. The molecule has 0 aromatic heterocycles. The van der Waals surface area contributed by atoms with Crippen molar-refractivity contribution in [1.29, 1.82) is 10.5 Å². The monoisotopic (exact) mass is 786 g/mol. The van der Waals surface area contributed by atoms with Gasteiger partial charge in [0.2, 0.25) is 0 Å². The number of anilines is 6. The zero-order valence-electron chi connectivity index (χ0n) is 32.5. The van der Waals surface area contributed by atoms with Crippen LogP contribution in [-0.2, 0) is 5.41 Å². The van der Waals surface area contributed by atoms with Gasteiger partial charge in [-0.05, 0) is 165 Å². The second kappa shape index (κ2) is 13.9. The van der Waals surface area contributed by atoms with Crippen molar-refractivity contribution in [2.75, 3.05) is 9.80 Å². The normalized spacial score (nSPS) is 12.5. The van der Waals surface area contributed by atoms with Crippen LogP contribution < -0.4 is 9.80 Å². The summed E-state index contributed by atoms with van der Waals surface area (Å²) in [6, 6.07) is 67.1. The number of nitriles is 2. The molecule has 0 atom stereocenters. The third-order valence-electron chi connectivity index (χ3n) is 12.2. The maximum Gasteiger partial charge on any atom is 0.123 e. The second-order valence-electron chi connectivity index (χ2n) is 15.4. The van der Waals surface area contributed by atoms with Crippen molar-refractivity contribution < 1.29 is 8.78 Å². The fraction of sp³-hybridized carbons (Fsp3) is 0.0182. The highest BCUT2D eigenvalue weighted by atomic mass is 19.1. The number of nitrogens with zero attached hydrogens (tertiary/aromatic N) is 4. The summed E-state index contributed by atoms with van der Waals surface area (Å²) in [5.41, 5.74) is 14.4. The number of hydrogen-bond donors (Lipinski definition) is 0. The molecule has 1 spiro atoms. The lowest BCUT2D eigenvalue weighted by Crippen LogP contribution is -2.26. The molecular weight excluding hydrogens is 755 g/mol. The van der Waals surface area contributed by atoms with E-state index in [0.29, 0.717) is 11.1 Å². The minimum atomic E-state index is -0.773. The highest BCUT2D eigenvalue weighted by Crippen LogP contribution is 2.65. The highest BCUT2D eigenvalue weighted by Gasteiger charge is 2.52. The van der Waals surface area contributed by atoms with Crippen LogP contribution in [0.25, 0.3) is 33.0 Å². The molecule has 286 valence electrons. The molecule has 0 amide bonds. The largest absolute Gasteiger partial charge is 0.310 e. The van der Waals surface area contributed by atoms with Gasteiger partial charge in [-0.1, -0.05) is 78.9 Å². The zero-order chi connectivity index (χ0) is 41.2. The molecule has 0 heterocycles. The van der Waals surface area contributed by atoms with E-state index in [1.54, 1.807) is 36.4 Å². The van der Waals surface area contributed by atoms with Crippen molar-refractivity contribution in [2.45, 2.75) is 5.41 Å². The summed E-state index contributed by atoms with van der Waals surface area (Å²) in [5, 5.41) is 21.4. The molecule has 0 saturated carbocycles. The molecule has 0 radical (unpaired) electrons. The summed E-state index contributed by atoms with van der Waals surface area (Å²) in [7, 11) is 0. The van der Waals surface area contributed by atoms with E-state index in [9.17, 15) is 19.3 Å². The molecule has 4 nitrogen and oxygen atoms in total. The van der Waals surface area contributed by atoms with Crippen molar-refractivity contribution in [3.05, 3.63) is 239 Å². The Morgan fingerprint density at radius 1 is 0.377 bits per heavy atom. The van der Waals surface area contributed by atoms with E-state index in [1.807, 2.05) is 42.5 Å². The first kappa shape index (κ1) is 35.8. The molecule has 0 N–H and O–H groups in total. The molecule has 0 fully saturated rings. The smallest absolute Gasteiger partial charge is 0.123 e. The standard InChI is InChI=1S/C55H32F2N4/c56-37-17-25-40(26-18-37)60(39-21-13-35(33-58)14-22-39)43-29-30-48-51(31-43)55(49-11-5-3-7-44(49)45-8-4-6-12-50(45)55)52-32-53(46-9-1-2-10-47(46)54(48)52)61(42-27-19-38(57)20-28-42)41-23-15-36(34-59)16-24-41/h1-32H. The molecule has 61 heavy (non-hydrogen) atoms. The molecule has 0 bridgehead atoms. The van der Waals surface area contributed by atoms with Gasteiger partial charge in [-0.15, -0.1) is 0 Å². The van der Waals surface area contributed by atoms with Crippen LogP contribution in [0.15, 0.2) is 194 Å². The molecule has 2 aliphatic carbocycles. The van der Waals surface area contributed by atoms with Crippen molar-refractivity contribution >= 4 is 44.9 Å². The third-order valence-corrected chi connectivity index (χ3v) is 12.2. The predicted molar refractivity (Wildman–Crippen MR) is 239 cm³/mol. The van der Waals surface area contributed by atoms with E-state index in [2.05, 4.69) is 113 Å². The Labute approximate surface area is 351 Å². The maximum absolute atomic E-state index is 14.6. The van der Waals surface area contributed by atoms with Crippen molar-refractivity contribution in [1.82, 2.24) is 0 Å². The van der Waals surface area contributed by atoms with Gasteiger partial charge in [-0.25, -0.2) is 8.78 Å². The molecule has 9 aromatic carbocycles. The first-order chi connectivity index (χ1) is 30.0. The third kappa shape index (κ3) is 5.40. The molecule has 0 unspecified atom stereocenters. The summed E-state index contributed by atoms with van der Waals surface area (Å²) in [6.07, 6.45) is 0. The average Bonchev–Trinajstić information content (AvgIpc) is 3.78. The molecule has 0 aliphatic heterocycles. The van der Waals surface area contributed by atoms with Crippen LogP contribution in [0, 0.1) is 34.3 Å². The van der Waals surface area contributed by atoms with Gasteiger partial charge in [0.05, 0.1) is 34.4 Å². The van der Waals surface area contributed by atoms with Gasteiger partial charge < -0.3 is 9.80 Å². The van der Waals surface area contributed by atoms with Crippen LogP contribution in [0.5, 0.6) is 0 Å². The fourth-order valence-corrected chi connectivity index (χ4v) is 9.71. The van der Waals surface area contributed by atoms with Gasteiger partial charge >= 0.3 is 0 Å². The van der Waals surface area contributed by atoms with E-state index in [1.165, 1.54) is 24.3 Å². The Bertz CT molecular complexity index is 3240. The van der Waals surface area contributed by atoms with Crippen molar-refractivity contribution in [3.63, 3.8) is 0 Å². The van der Waals surface area contributed by atoms with Crippen LogP contribution in [-0.4, -0.2) is 0 Å². The van der Waals surface area contributed by atoms with E-state index >= 15 is 0 Å². The SMILES string of the molecule is N#Cc1ccc(N(c2ccc(F)cc2)c2ccc3c(c2)C2(c4ccccc4-c4ccccc42)c2cc(N(c4ccc(F)cc4)c4ccc(C#N)cc4)c4ccccc4c2-3)cc1. The lowest BCUT2D eigenvalue weighted by molar-refractivity contribution is 0.627. The number of halogens is 2.